The number of hydrogen-bond acceptors (Lipinski definition) is 2. The fraction of sp³-hybridized carbons (Fsp3) is 0.727. The van der Waals surface area contributed by atoms with Crippen LogP contribution in [0.5, 0.6) is 0 Å². The number of aromatic nitrogens is 2. The summed E-state index contributed by atoms with van der Waals surface area (Å²) in [5.74, 6) is 1.82. The van der Waals surface area contributed by atoms with Crippen LogP contribution in [0.15, 0.2) is 0 Å². The summed E-state index contributed by atoms with van der Waals surface area (Å²) in [5, 5.41) is 3.91. The average molecular weight is 228 g/mol. The Morgan fingerprint density at radius 1 is 1.60 bits per heavy atom. The summed E-state index contributed by atoms with van der Waals surface area (Å²) in [4.78, 5) is 4.32. The Bertz CT molecular complexity index is 346. The molecule has 1 aliphatic rings. The van der Waals surface area contributed by atoms with Crippen molar-refractivity contribution in [2.75, 3.05) is 13.6 Å². The molecule has 0 spiro atoms. The molecule has 0 bridgehead atoms. The number of hydrogen-bond donors (Lipinski definition) is 1. The molecule has 2 rings (SSSR count). The van der Waals surface area contributed by atoms with Gasteiger partial charge in [-0.25, -0.2) is 4.98 Å². The van der Waals surface area contributed by atoms with Gasteiger partial charge in [0, 0.05) is 6.54 Å². The first-order chi connectivity index (χ1) is 7.22. The van der Waals surface area contributed by atoms with Crippen molar-refractivity contribution in [1.29, 1.82) is 0 Å². The van der Waals surface area contributed by atoms with Crippen molar-refractivity contribution >= 4 is 11.6 Å². The Morgan fingerprint density at radius 2 is 2.40 bits per heavy atom. The summed E-state index contributed by atoms with van der Waals surface area (Å²) in [6.07, 6.45) is 3.57. The van der Waals surface area contributed by atoms with Crippen molar-refractivity contribution in [3.05, 3.63) is 16.7 Å². The maximum atomic E-state index is 6.11. The van der Waals surface area contributed by atoms with Crippen molar-refractivity contribution in [3.63, 3.8) is 0 Å². The van der Waals surface area contributed by atoms with Crippen molar-refractivity contribution in [2.24, 2.45) is 5.92 Å². The number of imidazole rings is 1. The third-order valence-electron chi connectivity index (χ3n) is 3.26. The lowest BCUT2D eigenvalue weighted by Crippen LogP contribution is -2.23. The molecule has 1 N–H and O–H groups in total. The second kappa shape index (κ2) is 4.54. The van der Waals surface area contributed by atoms with E-state index in [4.69, 9.17) is 11.6 Å². The van der Waals surface area contributed by atoms with Crippen LogP contribution in [0.3, 0.4) is 0 Å². The molecule has 3 nitrogen and oxygen atoms in total. The summed E-state index contributed by atoms with van der Waals surface area (Å²) < 4.78 is 2.26. The number of rotatable bonds is 3. The Kier molecular flexibility index (Phi) is 3.32. The molecule has 0 radical (unpaired) electrons. The minimum Gasteiger partial charge on any atom is -0.331 e. The second-order valence-corrected chi connectivity index (χ2v) is 4.66. The van der Waals surface area contributed by atoms with E-state index in [9.17, 15) is 0 Å². The third-order valence-corrected chi connectivity index (χ3v) is 3.56. The highest BCUT2D eigenvalue weighted by molar-refractivity contribution is 6.30. The van der Waals surface area contributed by atoms with Crippen molar-refractivity contribution in [2.45, 2.75) is 32.7 Å². The van der Waals surface area contributed by atoms with Gasteiger partial charge in [-0.15, -0.1) is 0 Å². The molecule has 0 aromatic carbocycles. The summed E-state index contributed by atoms with van der Waals surface area (Å²) in [7, 11) is 2.00. The van der Waals surface area contributed by atoms with Crippen LogP contribution in [0.4, 0.5) is 0 Å². The van der Waals surface area contributed by atoms with Crippen molar-refractivity contribution in [1.82, 2.24) is 14.9 Å². The molecule has 4 heteroatoms. The van der Waals surface area contributed by atoms with Crippen LogP contribution in [0.1, 0.15) is 24.4 Å². The highest BCUT2D eigenvalue weighted by Crippen LogP contribution is 2.28. The van der Waals surface area contributed by atoms with Gasteiger partial charge < -0.3 is 9.88 Å². The van der Waals surface area contributed by atoms with Crippen LogP contribution >= 0.6 is 11.6 Å². The summed E-state index contributed by atoms with van der Waals surface area (Å²) in [5.41, 5.74) is 1.24. The fourth-order valence-corrected chi connectivity index (χ4v) is 2.65. The van der Waals surface area contributed by atoms with Gasteiger partial charge in [0.2, 0.25) is 0 Å². The number of nitrogens with one attached hydrogen (secondary N) is 1. The standard InChI is InChI=1S/C11H18ClN3/c1-8-14-11(12)10-7-9(3-5-13-2)4-6-15(8)10/h9,13H,3-7H2,1-2H3. The van der Waals surface area contributed by atoms with E-state index in [0.717, 1.165) is 31.3 Å². The van der Waals surface area contributed by atoms with Crippen LogP contribution in [0.25, 0.3) is 0 Å². The number of halogens is 1. The molecular weight excluding hydrogens is 210 g/mol. The zero-order valence-electron chi connectivity index (χ0n) is 9.39. The predicted octanol–water partition coefficient (Wildman–Crippen LogP) is 2.02. The third kappa shape index (κ3) is 2.18. The lowest BCUT2D eigenvalue weighted by Gasteiger charge is -2.24. The lowest BCUT2D eigenvalue weighted by molar-refractivity contribution is 0.361. The molecule has 0 fully saturated rings. The van der Waals surface area contributed by atoms with Crippen molar-refractivity contribution in [3.8, 4) is 0 Å². The number of fused-ring (bicyclic) bond motifs is 1. The largest absolute Gasteiger partial charge is 0.331 e. The highest BCUT2D eigenvalue weighted by atomic mass is 35.5. The van der Waals surface area contributed by atoms with Crippen LogP contribution in [-0.4, -0.2) is 23.1 Å². The first kappa shape index (κ1) is 11.0. The topological polar surface area (TPSA) is 29.9 Å². The van der Waals surface area contributed by atoms with Gasteiger partial charge in [0.25, 0.3) is 0 Å². The van der Waals surface area contributed by atoms with E-state index >= 15 is 0 Å². The van der Waals surface area contributed by atoms with Gasteiger partial charge in [-0.2, -0.15) is 0 Å². The molecule has 0 saturated heterocycles. The SMILES string of the molecule is CNCCC1CCn2c(C)nc(Cl)c2C1. The molecule has 84 valence electrons. The van der Waals surface area contributed by atoms with Crippen molar-refractivity contribution < 1.29 is 0 Å². The Hall–Kier alpha value is -0.540. The van der Waals surface area contributed by atoms with Gasteiger partial charge in [0.1, 0.15) is 5.82 Å². The number of aryl methyl sites for hydroxylation is 1. The Labute approximate surface area is 95.8 Å². The fourth-order valence-electron chi connectivity index (χ4n) is 2.35. The minimum atomic E-state index is 0.710. The summed E-state index contributed by atoms with van der Waals surface area (Å²) in [6.45, 7) is 4.20. The Morgan fingerprint density at radius 3 is 3.13 bits per heavy atom. The summed E-state index contributed by atoms with van der Waals surface area (Å²) >= 11 is 6.11. The molecule has 15 heavy (non-hydrogen) atoms. The second-order valence-electron chi connectivity index (χ2n) is 4.30. The molecule has 1 aromatic heterocycles. The lowest BCUT2D eigenvalue weighted by atomic mass is 9.93. The molecule has 1 unspecified atom stereocenters. The monoisotopic (exact) mass is 227 g/mol. The van der Waals surface area contributed by atoms with Crippen LogP contribution in [-0.2, 0) is 13.0 Å². The molecular formula is C11H18ClN3. The van der Waals surface area contributed by atoms with Gasteiger partial charge in [-0.1, -0.05) is 11.6 Å². The van der Waals surface area contributed by atoms with Gasteiger partial charge in [-0.05, 0) is 45.7 Å². The van der Waals surface area contributed by atoms with Crippen LogP contribution in [0.2, 0.25) is 5.15 Å². The molecule has 1 atom stereocenters. The minimum absolute atomic E-state index is 0.710. The van der Waals surface area contributed by atoms with Gasteiger partial charge in [0.05, 0.1) is 5.69 Å². The van der Waals surface area contributed by atoms with Gasteiger partial charge in [0.15, 0.2) is 5.15 Å². The first-order valence-corrected chi connectivity index (χ1v) is 5.96. The molecule has 0 amide bonds. The van der Waals surface area contributed by atoms with E-state index < -0.39 is 0 Å². The first-order valence-electron chi connectivity index (χ1n) is 5.58. The average Bonchev–Trinajstić information content (AvgIpc) is 2.52. The molecule has 1 aliphatic heterocycles. The van der Waals surface area contributed by atoms with E-state index in [2.05, 4.69) is 14.9 Å². The smallest absolute Gasteiger partial charge is 0.150 e. The normalized spacial score (nSPS) is 20.3. The van der Waals surface area contributed by atoms with E-state index in [1.807, 2.05) is 14.0 Å². The maximum Gasteiger partial charge on any atom is 0.150 e. The zero-order chi connectivity index (χ0) is 10.8. The van der Waals surface area contributed by atoms with Gasteiger partial charge in [-0.3, -0.25) is 0 Å². The number of nitrogens with zero attached hydrogens (tertiary/aromatic N) is 2. The van der Waals surface area contributed by atoms with Crippen LogP contribution < -0.4 is 5.32 Å². The molecule has 0 saturated carbocycles. The highest BCUT2D eigenvalue weighted by Gasteiger charge is 2.22. The summed E-state index contributed by atoms with van der Waals surface area (Å²) in [6, 6.07) is 0. The maximum absolute atomic E-state index is 6.11. The van der Waals surface area contributed by atoms with E-state index in [0.29, 0.717) is 5.15 Å². The molecule has 2 heterocycles. The van der Waals surface area contributed by atoms with E-state index in [1.165, 1.54) is 18.5 Å². The van der Waals surface area contributed by atoms with Crippen LogP contribution in [0, 0.1) is 12.8 Å². The molecule has 0 aliphatic carbocycles. The zero-order valence-corrected chi connectivity index (χ0v) is 10.1. The predicted molar refractivity (Wildman–Crippen MR) is 62.3 cm³/mol. The quantitative estimate of drug-likeness (QED) is 0.857. The Balaban J connectivity index is 2.09. The van der Waals surface area contributed by atoms with E-state index in [1.54, 1.807) is 0 Å². The molecule has 1 aromatic rings. The van der Waals surface area contributed by atoms with E-state index in [-0.39, 0.29) is 0 Å². The van der Waals surface area contributed by atoms with Gasteiger partial charge >= 0.3 is 0 Å².